The van der Waals surface area contributed by atoms with Gasteiger partial charge >= 0.3 is 0 Å². The number of nitrogens with one attached hydrogen (secondary N) is 1. The van der Waals surface area contributed by atoms with E-state index in [-0.39, 0.29) is 6.54 Å². The molecule has 0 aromatic heterocycles. The minimum absolute atomic E-state index is 0.314. The number of morpholine rings is 1. The number of benzene rings is 2. The number of carbonyl (C=O) groups is 3. The highest BCUT2D eigenvalue weighted by atomic mass is 32.2. The molecular formula is C23H23N3O4S. The minimum atomic E-state index is -0.449. The van der Waals surface area contributed by atoms with Crippen molar-refractivity contribution < 1.29 is 19.1 Å². The summed E-state index contributed by atoms with van der Waals surface area (Å²) in [5, 5.41) is 2.25. The Morgan fingerprint density at radius 3 is 2.58 bits per heavy atom. The number of anilines is 2. The number of nitrogens with zero attached hydrogens (tertiary/aromatic N) is 2. The third-order valence-electron chi connectivity index (χ3n) is 5.15. The smallest absolute Gasteiger partial charge is 0.294 e. The molecule has 0 saturated carbocycles. The first kappa shape index (κ1) is 21.1. The number of amides is 3. The van der Waals surface area contributed by atoms with Crippen molar-refractivity contribution in [2.75, 3.05) is 43.1 Å². The van der Waals surface area contributed by atoms with E-state index in [1.165, 1.54) is 0 Å². The summed E-state index contributed by atoms with van der Waals surface area (Å²) in [7, 11) is 0. The number of hydrogen-bond acceptors (Lipinski definition) is 6. The van der Waals surface area contributed by atoms with E-state index in [0.29, 0.717) is 23.8 Å². The molecule has 2 saturated heterocycles. The molecule has 31 heavy (non-hydrogen) atoms. The predicted molar refractivity (Wildman–Crippen MR) is 122 cm³/mol. The summed E-state index contributed by atoms with van der Waals surface area (Å²) in [5.41, 5.74) is 3.61. The van der Waals surface area contributed by atoms with Crippen LogP contribution in [0.3, 0.4) is 0 Å². The number of aryl methyl sites for hydroxylation is 1. The van der Waals surface area contributed by atoms with E-state index in [0.717, 1.165) is 46.6 Å². The first-order valence-electron chi connectivity index (χ1n) is 10.0. The van der Waals surface area contributed by atoms with Gasteiger partial charge in [-0.15, -0.1) is 0 Å². The Morgan fingerprint density at radius 1 is 1.13 bits per heavy atom. The third kappa shape index (κ3) is 4.98. The number of carbonyl (C=O) groups excluding carboxylic acids is 3. The lowest BCUT2D eigenvalue weighted by atomic mass is 10.1. The van der Waals surface area contributed by atoms with Crippen molar-refractivity contribution in [1.82, 2.24) is 4.90 Å². The largest absolute Gasteiger partial charge is 0.378 e. The number of para-hydroxylation sites is 1. The second-order valence-corrected chi connectivity index (χ2v) is 8.32. The van der Waals surface area contributed by atoms with Gasteiger partial charge in [0.2, 0.25) is 5.91 Å². The van der Waals surface area contributed by atoms with Crippen LogP contribution in [0.1, 0.15) is 11.1 Å². The average Bonchev–Trinajstić information content (AvgIpc) is 3.03. The Hall–Kier alpha value is -3.10. The van der Waals surface area contributed by atoms with Crippen LogP contribution in [0.2, 0.25) is 0 Å². The second kappa shape index (κ2) is 9.36. The van der Waals surface area contributed by atoms with Gasteiger partial charge in [0.05, 0.1) is 18.1 Å². The van der Waals surface area contributed by atoms with Crippen LogP contribution in [-0.4, -0.2) is 54.8 Å². The molecule has 160 valence electrons. The molecule has 1 N–H and O–H groups in total. The van der Waals surface area contributed by atoms with E-state index in [9.17, 15) is 14.4 Å². The molecule has 2 fully saturated rings. The Balaban J connectivity index is 1.44. The molecule has 0 unspecified atom stereocenters. The lowest BCUT2D eigenvalue weighted by Gasteiger charge is -2.29. The van der Waals surface area contributed by atoms with E-state index < -0.39 is 17.1 Å². The summed E-state index contributed by atoms with van der Waals surface area (Å²) >= 11 is 0.857. The molecule has 7 nitrogen and oxygen atoms in total. The zero-order valence-corrected chi connectivity index (χ0v) is 18.0. The molecule has 0 bridgehead atoms. The van der Waals surface area contributed by atoms with Crippen molar-refractivity contribution in [2.24, 2.45) is 0 Å². The molecule has 0 aliphatic carbocycles. The molecule has 2 aromatic rings. The Morgan fingerprint density at radius 2 is 1.87 bits per heavy atom. The number of thioether (sulfide) groups is 1. The van der Waals surface area contributed by atoms with Gasteiger partial charge in [-0.3, -0.25) is 19.3 Å². The highest BCUT2D eigenvalue weighted by molar-refractivity contribution is 8.18. The molecule has 8 heteroatoms. The third-order valence-corrected chi connectivity index (χ3v) is 6.06. The normalized spacial score (nSPS) is 18.0. The van der Waals surface area contributed by atoms with Gasteiger partial charge in [-0.1, -0.05) is 24.3 Å². The first-order valence-corrected chi connectivity index (χ1v) is 10.9. The number of ether oxygens (including phenoxy) is 1. The van der Waals surface area contributed by atoms with Gasteiger partial charge in [0, 0.05) is 24.5 Å². The van der Waals surface area contributed by atoms with Crippen molar-refractivity contribution >= 4 is 46.3 Å². The summed E-state index contributed by atoms with van der Waals surface area (Å²) in [5.74, 6) is -0.865. The van der Waals surface area contributed by atoms with Crippen LogP contribution in [0, 0.1) is 6.92 Å². The first-order chi connectivity index (χ1) is 15.0. The SMILES string of the molecule is Cc1cc(N2CCOCC2)ccc1/C=C1\SC(=O)N(CC(=O)Nc2ccccc2)C1=O. The van der Waals surface area contributed by atoms with E-state index in [4.69, 9.17) is 4.74 Å². The fourth-order valence-corrected chi connectivity index (χ4v) is 4.31. The van der Waals surface area contributed by atoms with Crippen LogP contribution in [0.15, 0.2) is 53.4 Å². The van der Waals surface area contributed by atoms with Crippen molar-refractivity contribution in [1.29, 1.82) is 0 Å². The zero-order valence-electron chi connectivity index (χ0n) is 17.2. The quantitative estimate of drug-likeness (QED) is 0.722. The minimum Gasteiger partial charge on any atom is -0.378 e. The summed E-state index contributed by atoms with van der Waals surface area (Å²) in [6, 6.07) is 15.0. The van der Waals surface area contributed by atoms with Crippen molar-refractivity contribution in [3.05, 3.63) is 64.6 Å². The fraction of sp³-hybridized carbons (Fsp3) is 0.261. The molecule has 0 atom stereocenters. The Bertz CT molecular complexity index is 1030. The van der Waals surface area contributed by atoms with Crippen molar-refractivity contribution in [2.45, 2.75) is 6.92 Å². The molecular weight excluding hydrogens is 414 g/mol. The lowest BCUT2D eigenvalue weighted by Crippen LogP contribution is -2.36. The van der Waals surface area contributed by atoms with E-state index >= 15 is 0 Å². The van der Waals surface area contributed by atoms with Crippen LogP contribution in [0.5, 0.6) is 0 Å². The summed E-state index contributed by atoms with van der Waals surface area (Å²) in [4.78, 5) is 40.9. The van der Waals surface area contributed by atoms with E-state index in [2.05, 4.69) is 16.3 Å². The van der Waals surface area contributed by atoms with Crippen LogP contribution >= 0.6 is 11.8 Å². The number of imide groups is 1. The maximum Gasteiger partial charge on any atom is 0.294 e. The lowest BCUT2D eigenvalue weighted by molar-refractivity contribution is -0.127. The maximum atomic E-state index is 12.7. The van der Waals surface area contributed by atoms with Gasteiger partial charge in [-0.05, 0) is 60.2 Å². The standard InChI is InChI=1S/C23H23N3O4S/c1-16-13-19(25-9-11-30-12-10-25)8-7-17(16)14-20-22(28)26(23(29)31-20)15-21(27)24-18-5-3-2-4-6-18/h2-8,13-14H,9-12,15H2,1H3,(H,24,27)/b20-14-. The Labute approximate surface area is 185 Å². The van der Waals surface area contributed by atoms with Crippen molar-refractivity contribution in [3.8, 4) is 0 Å². The Kier molecular flexibility index (Phi) is 6.39. The van der Waals surface area contributed by atoms with Crippen LogP contribution < -0.4 is 10.2 Å². The number of hydrogen-bond donors (Lipinski definition) is 1. The molecule has 2 aromatic carbocycles. The molecule has 2 aliphatic rings. The van der Waals surface area contributed by atoms with Gasteiger partial charge < -0.3 is 15.0 Å². The number of rotatable bonds is 5. The van der Waals surface area contributed by atoms with Crippen LogP contribution in [0.4, 0.5) is 16.2 Å². The fourth-order valence-electron chi connectivity index (χ4n) is 3.48. The molecule has 4 rings (SSSR count). The molecule has 3 amide bonds. The van der Waals surface area contributed by atoms with Crippen molar-refractivity contribution in [3.63, 3.8) is 0 Å². The summed E-state index contributed by atoms with van der Waals surface area (Å²) < 4.78 is 5.40. The zero-order chi connectivity index (χ0) is 21.8. The van der Waals surface area contributed by atoms with Crippen LogP contribution in [-0.2, 0) is 14.3 Å². The van der Waals surface area contributed by atoms with E-state index in [1.54, 1.807) is 30.3 Å². The molecule has 2 aliphatic heterocycles. The molecule has 2 heterocycles. The molecule has 0 radical (unpaired) electrons. The van der Waals surface area contributed by atoms with Gasteiger partial charge in [0.15, 0.2) is 0 Å². The highest BCUT2D eigenvalue weighted by Crippen LogP contribution is 2.33. The predicted octanol–water partition coefficient (Wildman–Crippen LogP) is 3.51. The van der Waals surface area contributed by atoms with Gasteiger partial charge in [-0.25, -0.2) is 0 Å². The monoisotopic (exact) mass is 437 g/mol. The van der Waals surface area contributed by atoms with Gasteiger partial charge in [-0.2, -0.15) is 0 Å². The summed E-state index contributed by atoms with van der Waals surface area (Å²) in [6.07, 6.45) is 1.72. The van der Waals surface area contributed by atoms with Gasteiger partial charge in [0.25, 0.3) is 11.1 Å². The average molecular weight is 438 g/mol. The van der Waals surface area contributed by atoms with Gasteiger partial charge in [0.1, 0.15) is 6.54 Å². The van der Waals surface area contributed by atoms with Crippen LogP contribution in [0.25, 0.3) is 6.08 Å². The highest BCUT2D eigenvalue weighted by Gasteiger charge is 2.36. The summed E-state index contributed by atoms with van der Waals surface area (Å²) in [6.45, 7) is 4.79. The molecule has 0 spiro atoms. The maximum absolute atomic E-state index is 12.7. The topological polar surface area (TPSA) is 79.0 Å². The second-order valence-electron chi connectivity index (χ2n) is 7.32. The van der Waals surface area contributed by atoms with E-state index in [1.807, 2.05) is 25.1 Å².